The molecule has 5 rings (SSSR count). The number of rotatable bonds is 10. The van der Waals surface area contributed by atoms with Gasteiger partial charge < -0.3 is 30.2 Å². The molecule has 3 N–H and O–H groups in total. The van der Waals surface area contributed by atoms with E-state index in [-0.39, 0.29) is 18.0 Å². The molecule has 1 aromatic carbocycles. The molecule has 2 atom stereocenters. The van der Waals surface area contributed by atoms with Crippen molar-refractivity contribution in [2.45, 2.75) is 31.8 Å². The number of carbonyl (C=O) groups is 1. The highest BCUT2D eigenvalue weighted by molar-refractivity contribution is 6.35. The van der Waals surface area contributed by atoms with Crippen LogP contribution in [0.15, 0.2) is 37.1 Å². The van der Waals surface area contributed by atoms with Crippen molar-refractivity contribution in [2.75, 3.05) is 44.6 Å². The normalized spacial score (nSPS) is 18.7. The molecule has 0 spiro atoms. The van der Waals surface area contributed by atoms with Crippen LogP contribution in [0.1, 0.15) is 18.4 Å². The smallest absolute Gasteiger partial charge is 0.243 e. The molecule has 1 aliphatic carbocycles. The number of nitrogens with one attached hydrogen (secondary N) is 3. The number of anilines is 2. The summed E-state index contributed by atoms with van der Waals surface area (Å²) in [5.41, 5.74) is 2.33. The first-order chi connectivity index (χ1) is 18.4. The lowest BCUT2D eigenvalue weighted by Gasteiger charge is -2.21. The second-order valence-electron chi connectivity index (χ2n) is 9.67. The lowest BCUT2D eigenvalue weighted by atomic mass is 10.0. The summed E-state index contributed by atoms with van der Waals surface area (Å²) < 4.78 is 16.7. The molecular formula is C28H32ClN5O4. The van der Waals surface area contributed by atoms with Gasteiger partial charge in [0.2, 0.25) is 5.91 Å². The van der Waals surface area contributed by atoms with E-state index < -0.39 is 0 Å². The fraction of sp³-hybridized carbons (Fsp3) is 0.393. The molecular weight excluding hydrogens is 506 g/mol. The number of carbonyl (C=O) groups excluding carboxylic acids is 1. The Morgan fingerprint density at radius 1 is 1.18 bits per heavy atom. The van der Waals surface area contributed by atoms with Crippen LogP contribution in [0, 0.1) is 12.8 Å². The molecule has 200 valence electrons. The zero-order valence-electron chi connectivity index (χ0n) is 21.8. The van der Waals surface area contributed by atoms with Crippen LogP contribution in [-0.2, 0) is 9.53 Å². The number of hydrogen-bond donors (Lipinski definition) is 3. The second-order valence-corrected chi connectivity index (χ2v) is 10.1. The molecule has 1 aliphatic heterocycles. The summed E-state index contributed by atoms with van der Waals surface area (Å²) in [5, 5.41) is 12.2. The number of fused-ring (bicyclic) bond motifs is 1. The molecule has 38 heavy (non-hydrogen) atoms. The lowest BCUT2D eigenvalue weighted by molar-refractivity contribution is -0.117. The van der Waals surface area contributed by atoms with Crippen molar-refractivity contribution in [3.8, 4) is 22.8 Å². The summed E-state index contributed by atoms with van der Waals surface area (Å²) in [5.74, 6) is 3.05. The Morgan fingerprint density at radius 3 is 2.66 bits per heavy atom. The summed E-state index contributed by atoms with van der Waals surface area (Å²) in [7, 11) is 3.20. The van der Waals surface area contributed by atoms with Crippen LogP contribution >= 0.6 is 11.6 Å². The van der Waals surface area contributed by atoms with Gasteiger partial charge in [-0.1, -0.05) is 18.2 Å². The molecule has 1 amide bonds. The van der Waals surface area contributed by atoms with Gasteiger partial charge in [0.1, 0.15) is 23.1 Å². The summed E-state index contributed by atoms with van der Waals surface area (Å²) >= 11 is 6.78. The fourth-order valence-electron chi connectivity index (χ4n) is 4.69. The summed E-state index contributed by atoms with van der Waals surface area (Å²) in [6.07, 6.45) is 5.52. The highest BCUT2D eigenvalue weighted by Crippen LogP contribution is 2.43. The monoisotopic (exact) mass is 537 g/mol. The van der Waals surface area contributed by atoms with Gasteiger partial charge in [-0.25, -0.2) is 9.97 Å². The van der Waals surface area contributed by atoms with Crippen LogP contribution in [0.25, 0.3) is 22.0 Å². The van der Waals surface area contributed by atoms with E-state index in [1.165, 1.54) is 18.9 Å². The first-order valence-corrected chi connectivity index (χ1v) is 13.0. The topological polar surface area (TPSA) is 107 Å². The van der Waals surface area contributed by atoms with E-state index in [1.54, 1.807) is 20.3 Å². The van der Waals surface area contributed by atoms with Gasteiger partial charge in [0, 0.05) is 40.7 Å². The van der Waals surface area contributed by atoms with Crippen LogP contribution < -0.4 is 25.4 Å². The van der Waals surface area contributed by atoms with Crippen LogP contribution in [-0.4, -0.2) is 61.9 Å². The minimum Gasteiger partial charge on any atom is -0.496 e. The number of aromatic nitrogens is 2. The van der Waals surface area contributed by atoms with Crippen molar-refractivity contribution >= 4 is 39.9 Å². The standard InChI is InChI=1S/C28H32ClN5O4/c1-5-25(35)33-21-14-38-13-20(21)32-24-9-18-17(12-30-24)8-19(34-28(18)31-11-16-6-7-16)26-15(2)22(36-3)10-23(37-4)27(26)29/h5,8-10,12,16,20-21H,1,6-7,11,13-14H2,2-4H3,(H,30,32)(H,31,34)(H,33,35)/t20-,21+/m1/s1. The molecule has 3 aromatic rings. The van der Waals surface area contributed by atoms with Crippen LogP contribution in [0.4, 0.5) is 11.6 Å². The summed E-state index contributed by atoms with van der Waals surface area (Å²) in [6.45, 7) is 7.21. The molecule has 0 bridgehead atoms. The lowest BCUT2D eigenvalue weighted by Crippen LogP contribution is -2.45. The Bertz CT molecular complexity index is 1350. The van der Waals surface area contributed by atoms with Crippen LogP contribution in [0.2, 0.25) is 5.02 Å². The molecule has 2 aliphatic rings. The molecule has 2 fully saturated rings. The molecule has 1 saturated heterocycles. The van der Waals surface area contributed by atoms with Crippen molar-refractivity contribution in [3.63, 3.8) is 0 Å². The number of pyridine rings is 2. The maximum atomic E-state index is 11.8. The van der Waals surface area contributed by atoms with E-state index in [1.807, 2.05) is 25.3 Å². The fourth-order valence-corrected chi connectivity index (χ4v) is 5.06. The molecule has 3 heterocycles. The molecule has 2 aromatic heterocycles. The molecule has 9 nitrogen and oxygen atoms in total. The second kappa shape index (κ2) is 11.0. The average Bonchev–Trinajstić information content (AvgIpc) is 3.66. The highest BCUT2D eigenvalue weighted by Gasteiger charge is 2.30. The quantitative estimate of drug-likeness (QED) is 0.323. The maximum absolute atomic E-state index is 11.8. The Balaban J connectivity index is 1.54. The SMILES string of the molecule is C=CC(=O)N[C@H]1COC[C@H]1Nc1cc2c(NCC3CC3)nc(-c3c(C)c(OC)cc(OC)c3Cl)cc2cn1. The van der Waals surface area contributed by atoms with E-state index >= 15 is 0 Å². The first kappa shape index (κ1) is 26.1. The molecule has 0 unspecified atom stereocenters. The third kappa shape index (κ3) is 5.35. The average molecular weight is 538 g/mol. The summed E-state index contributed by atoms with van der Waals surface area (Å²) in [6, 6.07) is 5.44. The Labute approximate surface area is 226 Å². The Morgan fingerprint density at radius 2 is 1.95 bits per heavy atom. The van der Waals surface area contributed by atoms with Gasteiger partial charge in [-0.2, -0.15) is 0 Å². The zero-order chi connectivity index (χ0) is 26.8. The zero-order valence-corrected chi connectivity index (χ0v) is 22.5. The number of methoxy groups -OCH3 is 2. The van der Waals surface area contributed by atoms with Gasteiger partial charge in [0.25, 0.3) is 0 Å². The van der Waals surface area contributed by atoms with Gasteiger partial charge >= 0.3 is 0 Å². The van der Waals surface area contributed by atoms with E-state index in [0.717, 1.165) is 34.3 Å². The van der Waals surface area contributed by atoms with E-state index in [2.05, 4.69) is 27.5 Å². The van der Waals surface area contributed by atoms with Crippen LogP contribution in [0.5, 0.6) is 11.5 Å². The Kier molecular flexibility index (Phi) is 7.58. The number of halogens is 1. The largest absolute Gasteiger partial charge is 0.496 e. The highest BCUT2D eigenvalue weighted by atomic mass is 35.5. The van der Waals surface area contributed by atoms with E-state index in [0.29, 0.717) is 47.2 Å². The minimum atomic E-state index is -0.231. The molecule has 1 saturated carbocycles. The van der Waals surface area contributed by atoms with Crippen LogP contribution in [0.3, 0.4) is 0 Å². The van der Waals surface area contributed by atoms with Crippen molar-refractivity contribution in [1.82, 2.24) is 15.3 Å². The van der Waals surface area contributed by atoms with Crippen molar-refractivity contribution < 1.29 is 19.0 Å². The first-order valence-electron chi connectivity index (χ1n) is 12.6. The maximum Gasteiger partial charge on any atom is 0.243 e. The predicted molar refractivity (Wildman–Crippen MR) is 149 cm³/mol. The molecule has 0 radical (unpaired) electrons. The van der Waals surface area contributed by atoms with Gasteiger partial charge in [-0.05, 0) is 43.9 Å². The Hall–Kier alpha value is -3.56. The van der Waals surface area contributed by atoms with Gasteiger partial charge in [0.05, 0.1) is 50.2 Å². The van der Waals surface area contributed by atoms with Crippen molar-refractivity contribution in [2.24, 2.45) is 5.92 Å². The number of nitrogens with zero attached hydrogens (tertiary/aromatic N) is 2. The van der Waals surface area contributed by atoms with Crippen molar-refractivity contribution in [1.29, 1.82) is 0 Å². The van der Waals surface area contributed by atoms with Gasteiger partial charge in [0.15, 0.2) is 0 Å². The number of benzene rings is 1. The number of amides is 1. The van der Waals surface area contributed by atoms with E-state index in [9.17, 15) is 4.79 Å². The third-order valence-corrected chi connectivity index (χ3v) is 7.41. The van der Waals surface area contributed by atoms with E-state index in [4.69, 9.17) is 30.8 Å². The molecule has 10 heteroatoms. The minimum absolute atomic E-state index is 0.121. The van der Waals surface area contributed by atoms with Crippen molar-refractivity contribution in [3.05, 3.63) is 47.6 Å². The van der Waals surface area contributed by atoms with Gasteiger partial charge in [-0.15, -0.1) is 0 Å². The summed E-state index contributed by atoms with van der Waals surface area (Å²) in [4.78, 5) is 21.5. The number of ether oxygens (including phenoxy) is 3. The van der Waals surface area contributed by atoms with Gasteiger partial charge in [-0.3, -0.25) is 4.79 Å². The number of hydrogen-bond acceptors (Lipinski definition) is 8. The third-order valence-electron chi connectivity index (χ3n) is 7.03. The predicted octanol–water partition coefficient (Wildman–Crippen LogP) is 4.58.